The predicted molar refractivity (Wildman–Crippen MR) is 109 cm³/mol. The van der Waals surface area contributed by atoms with Gasteiger partial charge in [-0.1, -0.05) is 0 Å². The molecular formula is C20H21ClN4OSe. The van der Waals surface area contributed by atoms with Gasteiger partial charge in [0.2, 0.25) is 0 Å². The van der Waals surface area contributed by atoms with Crippen molar-refractivity contribution < 1.29 is 4.79 Å². The fourth-order valence-electron chi connectivity index (χ4n) is 3.60. The third-order valence-electron chi connectivity index (χ3n) is 4.90. The Kier molecular flexibility index (Phi) is 5.77. The molecule has 1 aliphatic carbocycles. The summed E-state index contributed by atoms with van der Waals surface area (Å²) in [6.07, 6.45) is 8.26. The maximum absolute atomic E-state index is 12.8. The van der Waals surface area contributed by atoms with E-state index in [-0.39, 0.29) is 11.2 Å². The van der Waals surface area contributed by atoms with Gasteiger partial charge in [-0.3, -0.25) is 0 Å². The molecule has 1 fully saturated rings. The Morgan fingerprint density at radius 2 is 2.04 bits per heavy atom. The molecule has 0 bridgehead atoms. The van der Waals surface area contributed by atoms with Crippen molar-refractivity contribution in [2.24, 2.45) is 0 Å². The van der Waals surface area contributed by atoms with Crippen molar-refractivity contribution in [1.82, 2.24) is 19.9 Å². The molecule has 1 N–H and O–H groups in total. The summed E-state index contributed by atoms with van der Waals surface area (Å²) in [5.74, 6) is -0.0634. The van der Waals surface area contributed by atoms with Gasteiger partial charge in [-0.25, -0.2) is 0 Å². The molecule has 140 valence electrons. The van der Waals surface area contributed by atoms with Crippen LogP contribution in [-0.2, 0) is 0 Å². The summed E-state index contributed by atoms with van der Waals surface area (Å²) in [6, 6.07) is 10.8. The van der Waals surface area contributed by atoms with Crippen LogP contribution in [0.25, 0.3) is 11.0 Å². The SMILES string of the molecule is O=C(NCC[Se]c1ccccc1)c1cn(C2CCCC2)c2nc(Cl)ncc12. The quantitative estimate of drug-likeness (QED) is 0.358. The van der Waals surface area contributed by atoms with Crippen molar-refractivity contribution in [1.29, 1.82) is 0 Å². The van der Waals surface area contributed by atoms with Gasteiger partial charge in [-0.05, 0) is 0 Å². The van der Waals surface area contributed by atoms with E-state index in [1.165, 1.54) is 17.3 Å². The number of fused-ring (bicyclic) bond motifs is 1. The van der Waals surface area contributed by atoms with Crippen LogP contribution in [0.1, 0.15) is 42.1 Å². The van der Waals surface area contributed by atoms with Crippen LogP contribution in [0.15, 0.2) is 42.7 Å². The van der Waals surface area contributed by atoms with Gasteiger partial charge in [0.1, 0.15) is 0 Å². The molecule has 1 saturated carbocycles. The van der Waals surface area contributed by atoms with E-state index in [4.69, 9.17) is 11.6 Å². The Balaban J connectivity index is 1.48. The number of nitrogens with zero attached hydrogens (tertiary/aromatic N) is 3. The van der Waals surface area contributed by atoms with Crippen LogP contribution in [0.5, 0.6) is 0 Å². The molecule has 0 spiro atoms. The van der Waals surface area contributed by atoms with Gasteiger partial charge in [0, 0.05) is 0 Å². The molecule has 27 heavy (non-hydrogen) atoms. The molecule has 1 amide bonds. The molecule has 1 aromatic carbocycles. The zero-order chi connectivity index (χ0) is 18.6. The van der Waals surface area contributed by atoms with Gasteiger partial charge in [-0.2, -0.15) is 0 Å². The summed E-state index contributed by atoms with van der Waals surface area (Å²) in [4.78, 5) is 21.3. The second kappa shape index (κ2) is 8.42. The first kappa shape index (κ1) is 18.5. The van der Waals surface area contributed by atoms with Crippen molar-refractivity contribution in [2.75, 3.05) is 6.54 Å². The fraction of sp³-hybridized carbons (Fsp3) is 0.350. The van der Waals surface area contributed by atoms with E-state index in [0.29, 0.717) is 33.1 Å². The van der Waals surface area contributed by atoms with Crippen LogP contribution < -0.4 is 9.78 Å². The third-order valence-corrected chi connectivity index (χ3v) is 7.21. The van der Waals surface area contributed by atoms with Crippen molar-refractivity contribution in [2.45, 2.75) is 37.0 Å². The summed E-state index contributed by atoms with van der Waals surface area (Å²) < 4.78 is 3.47. The number of hydrogen-bond donors (Lipinski definition) is 1. The zero-order valence-electron chi connectivity index (χ0n) is 14.9. The van der Waals surface area contributed by atoms with Crippen molar-refractivity contribution in [3.8, 4) is 0 Å². The first-order chi connectivity index (χ1) is 13.2. The van der Waals surface area contributed by atoms with E-state index >= 15 is 0 Å². The van der Waals surface area contributed by atoms with Gasteiger partial charge < -0.3 is 0 Å². The molecule has 0 saturated heterocycles. The molecule has 1 aliphatic rings. The van der Waals surface area contributed by atoms with Crippen LogP contribution in [0.4, 0.5) is 0 Å². The Hall–Kier alpha value is -1.88. The Bertz CT molecular complexity index is 938. The number of aromatic nitrogens is 3. The number of nitrogens with one attached hydrogen (secondary N) is 1. The van der Waals surface area contributed by atoms with Crippen LogP contribution in [0, 0.1) is 0 Å². The first-order valence-corrected chi connectivity index (χ1v) is 11.7. The van der Waals surface area contributed by atoms with Gasteiger partial charge in [0.25, 0.3) is 0 Å². The molecule has 5 nitrogen and oxygen atoms in total. The number of carbonyl (C=O) groups is 1. The molecule has 4 rings (SSSR count). The van der Waals surface area contributed by atoms with E-state index in [2.05, 4.69) is 44.1 Å². The Morgan fingerprint density at radius 3 is 2.81 bits per heavy atom. The fourth-order valence-corrected chi connectivity index (χ4v) is 5.38. The van der Waals surface area contributed by atoms with E-state index in [0.717, 1.165) is 29.2 Å². The average Bonchev–Trinajstić information content (AvgIpc) is 3.33. The van der Waals surface area contributed by atoms with Gasteiger partial charge >= 0.3 is 170 Å². The molecule has 2 aromatic heterocycles. The Morgan fingerprint density at radius 1 is 1.26 bits per heavy atom. The van der Waals surface area contributed by atoms with Gasteiger partial charge in [0.05, 0.1) is 0 Å². The molecule has 0 atom stereocenters. The number of carbonyl (C=O) groups excluding carboxylic acids is 1. The summed E-state index contributed by atoms with van der Waals surface area (Å²) >= 11 is 6.38. The van der Waals surface area contributed by atoms with E-state index in [9.17, 15) is 4.79 Å². The average molecular weight is 448 g/mol. The normalized spacial score (nSPS) is 14.7. The van der Waals surface area contributed by atoms with E-state index < -0.39 is 0 Å². The molecule has 2 heterocycles. The van der Waals surface area contributed by atoms with Crippen molar-refractivity contribution in [3.63, 3.8) is 0 Å². The number of benzene rings is 1. The third kappa shape index (κ3) is 4.18. The summed E-state index contributed by atoms with van der Waals surface area (Å²) in [5, 5.41) is 5.01. The van der Waals surface area contributed by atoms with Gasteiger partial charge in [0.15, 0.2) is 0 Å². The minimum absolute atomic E-state index is 0.0634. The van der Waals surface area contributed by atoms with Crippen LogP contribution in [-0.4, -0.2) is 41.9 Å². The second-order valence-corrected chi connectivity index (χ2v) is 9.47. The molecule has 0 aliphatic heterocycles. The molecule has 3 aromatic rings. The van der Waals surface area contributed by atoms with Crippen LogP contribution in [0.2, 0.25) is 10.6 Å². The number of halogens is 1. The maximum atomic E-state index is 12.8. The van der Waals surface area contributed by atoms with Gasteiger partial charge in [-0.15, -0.1) is 0 Å². The molecule has 0 unspecified atom stereocenters. The topological polar surface area (TPSA) is 59.8 Å². The summed E-state index contributed by atoms with van der Waals surface area (Å²) in [6.45, 7) is 0.665. The monoisotopic (exact) mass is 448 g/mol. The standard InChI is InChI=1S/C20H21ClN4OSe/c21-20-23-12-16-17(13-25(18(16)24-20)14-6-4-5-7-14)19(26)22-10-11-27-15-8-2-1-3-9-15/h1-3,8-9,12-14H,4-7,10-11H2,(H,22,26). The summed E-state index contributed by atoms with van der Waals surface area (Å²) in [5.41, 5.74) is 1.40. The van der Waals surface area contributed by atoms with E-state index in [1.54, 1.807) is 6.20 Å². The van der Waals surface area contributed by atoms with Crippen LogP contribution in [0.3, 0.4) is 0 Å². The van der Waals surface area contributed by atoms with E-state index in [1.807, 2.05) is 12.3 Å². The number of rotatable bonds is 6. The number of hydrogen-bond acceptors (Lipinski definition) is 3. The predicted octanol–water partition coefficient (Wildman–Crippen LogP) is 3.38. The molecule has 7 heteroatoms. The number of amides is 1. The minimum atomic E-state index is -0.0634. The summed E-state index contributed by atoms with van der Waals surface area (Å²) in [7, 11) is 0. The molecule has 0 radical (unpaired) electrons. The van der Waals surface area contributed by atoms with Crippen molar-refractivity contribution in [3.05, 3.63) is 53.6 Å². The van der Waals surface area contributed by atoms with Crippen molar-refractivity contribution >= 4 is 48.0 Å². The second-order valence-electron chi connectivity index (χ2n) is 6.68. The van der Waals surface area contributed by atoms with Crippen LogP contribution >= 0.6 is 11.6 Å². The Labute approximate surface area is 169 Å². The zero-order valence-corrected chi connectivity index (χ0v) is 17.4. The first-order valence-electron chi connectivity index (χ1n) is 9.21. The molecular weight excluding hydrogens is 427 g/mol.